The summed E-state index contributed by atoms with van der Waals surface area (Å²) in [6.07, 6.45) is 5.47. The fourth-order valence-electron chi connectivity index (χ4n) is 2.04. The number of carbonyl (C=O) groups is 2. The van der Waals surface area contributed by atoms with Crippen LogP contribution in [0.3, 0.4) is 0 Å². The molecule has 0 heterocycles. The second-order valence-electron chi connectivity index (χ2n) is 4.51. The molecule has 0 spiro atoms. The molecule has 0 aromatic carbocycles. The van der Waals surface area contributed by atoms with Gasteiger partial charge in [0, 0.05) is 5.92 Å². The highest BCUT2D eigenvalue weighted by Crippen LogP contribution is 2.23. The van der Waals surface area contributed by atoms with Crippen LogP contribution >= 0.6 is 0 Å². The van der Waals surface area contributed by atoms with Gasteiger partial charge in [0.25, 0.3) is 0 Å². The summed E-state index contributed by atoms with van der Waals surface area (Å²) in [5, 5.41) is 0. The van der Waals surface area contributed by atoms with Crippen molar-refractivity contribution in [1.82, 2.24) is 0 Å². The van der Waals surface area contributed by atoms with Gasteiger partial charge < -0.3 is 9.47 Å². The lowest BCUT2D eigenvalue weighted by Gasteiger charge is -2.21. The maximum absolute atomic E-state index is 12.0. The summed E-state index contributed by atoms with van der Waals surface area (Å²) in [6.45, 7) is 9.56. The monoisotopic (exact) mass is 282 g/mol. The van der Waals surface area contributed by atoms with E-state index >= 15 is 0 Å². The second kappa shape index (κ2) is 11.3. The molecule has 0 rings (SSSR count). The van der Waals surface area contributed by atoms with Crippen molar-refractivity contribution >= 4 is 11.9 Å². The van der Waals surface area contributed by atoms with Crippen molar-refractivity contribution < 1.29 is 19.1 Å². The van der Waals surface area contributed by atoms with Crippen molar-refractivity contribution in [2.24, 2.45) is 11.8 Å². The number of hydrogen-bond donors (Lipinski definition) is 0. The molecule has 0 N–H and O–H groups in total. The molecule has 0 amide bonds. The number of ether oxygens (including phenoxy) is 2. The highest BCUT2D eigenvalue weighted by atomic mass is 16.6. The molecule has 1 unspecified atom stereocenters. The lowest BCUT2D eigenvalue weighted by atomic mass is 9.87. The molecule has 0 aromatic heterocycles. The van der Waals surface area contributed by atoms with Gasteiger partial charge in [0.2, 0.25) is 0 Å². The predicted molar refractivity (Wildman–Crippen MR) is 78.1 cm³/mol. The summed E-state index contributed by atoms with van der Waals surface area (Å²) in [5.74, 6) is -2.24. The summed E-state index contributed by atoms with van der Waals surface area (Å²) in [6, 6.07) is 0. The molecule has 4 heteroatoms. The minimum absolute atomic E-state index is 0.244. The fraction of sp³-hybridized carbons (Fsp3) is 0.688. The first-order valence-electron chi connectivity index (χ1n) is 7.31. The van der Waals surface area contributed by atoms with Gasteiger partial charge in [0.1, 0.15) is 0 Å². The van der Waals surface area contributed by atoms with Gasteiger partial charge in [-0.3, -0.25) is 9.59 Å². The van der Waals surface area contributed by atoms with Crippen molar-refractivity contribution in [3.63, 3.8) is 0 Å². The molecule has 0 saturated carbocycles. The standard InChI is InChI=1S/C16H26O4/c1-5-9-10-12-13(11-6-2)14(15(17)19-7-3)16(18)20-8-4/h11,13-14H,2,5,7-10,12H2,1,3-4H3. The van der Waals surface area contributed by atoms with Gasteiger partial charge >= 0.3 is 11.9 Å². The third kappa shape index (κ3) is 6.58. The molecule has 0 aromatic rings. The Balaban J connectivity index is 5.02. The zero-order chi connectivity index (χ0) is 15.4. The van der Waals surface area contributed by atoms with E-state index in [1.54, 1.807) is 19.9 Å². The van der Waals surface area contributed by atoms with Gasteiger partial charge in [0.15, 0.2) is 5.92 Å². The van der Waals surface area contributed by atoms with Crippen LogP contribution in [0.15, 0.2) is 18.4 Å². The Kier molecular flexibility index (Phi) is 10.4. The largest absolute Gasteiger partial charge is 0.465 e. The maximum Gasteiger partial charge on any atom is 0.320 e. The van der Waals surface area contributed by atoms with Gasteiger partial charge in [-0.2, -0.15) is 0 Å². The van der Waals surface area contributed by atoms with E-state index in [9.17, 15) is 9.59 Å². The lowest BCUT2D eigenvalue weighted by Crippen LogP contribution is -2.33. The van der Waals surface area contributed by atoms with Crippen LogP contribution in [-0.4, -0.2) is 25.2 Å². The van der Waals surface area contributed by atoms with Crippen LogP contribution in [0.4, 0.5) is 0 Å². The van der Waals surface area contributed by atoms with E-state index in [4.69, 9.17) is 9.47 Å². The molecule has 0 radical (unpaired) electrons. The minimum atomic E-state index is -0.916. The third-order valence-corrected chi connectivity index (χ3v) is 2.98. The average molecular weight is 282 g/mol. The number of rotatable bonds is 10. The molecule has 0 aliphatic carbocycles. The van der Waals surface area contributed by atoms with Gasteiger partial charge in [0.05, 0.1) is 13.2 Å². The van der Waals surface area contributed by atoms with Crippen LogP contribution in [0.5, 0.6) is 0 Å². The summed E-state index contributed by atoms with van der Waals surface area (Å²) in [5.41, 5.74) is 2.68. The van der Waals surface area contributed by atoms with Crippen molar-refractivity contribution in [1.29, 1.82) is 0 Å². The van der Waals surface area contributed by atoms with Crippen molar-refractivity contribution in [3.05, 3.63) is 18.4 Å². The van der Waals surface area contributed by atoms with E-state index in [-0.39, 0.29) is 19.1 Å². The number of esters is 2. The van der Waals surface area contributed by atoms with Crippen molar-refractivity contribution in [2.45, 2.75) is 46.5 Å². The topological polar surface area (TPSA) is 52.6 Å². The molecule has 114 valence electrons. The number of allylic oxidation sites excluding steroid dienone is 1. The molecule has 0 aliphatic heterocycles. The molecule has 0 fully saturated rings. The summed E-state index contributed by atoms with van der Waals surface area (Å²) in [4.78, 5) is 24.0. The molecular formula is C16H26O4. The van der Waals surface area contributed by atoms with Crippen molar-refractivity contribution in [2.75, 3.05) is 13.2 Å². The van der Waals surface area contributed by atoms with Crippen molar-refractivity contribution in [3.8, 4) is 0 Å². The van der Waals surface area contributed by atoms with Crippen LogP contribution in [-0.2, 0) is 19.1 Å². The average Bonchev–Trinajstić information content (AvgIpc) is 2.40. The fourth-order valence-corrected chi connectivity index (χ4v) is 2.04. The smallest absolute Gasteiger partial charge is 0.320 e. The molecule has 4 nitrogen and oxygen atoms in total. The van der Waals surface area contributed by atoms with E-state index < -0.39 is 17.9 Å². The van der Waals surface area contributed by atoms with E-state index in [0.29, 0.717) is 0 Å². The molecular weight excluding hydrogens is 256 g/mol. The number of carbonyl (C=O) groups excluding carboxylic acids is 2. The van der Waals surface area contributed by atoms with E-state index in [2.05, 4.69) is 19.2 Å². The van der Waals surface area contributed by atoms with E-state index in [0.717, 1.165) is 25.7 Å². The van der Waals surface area contributed by atoms with Gasteiger partial charge in [-0.05, 0) is 26.3 Å². The zero-order valence-electron chi connectivity index (χ0n) is 12.8. The second-order valence-corrected chi connectivity index (χ2v) is 4.51. The summed E-state index contributed by atoms with van der Waals surface area (Å²) >= 11 is 0. The predicted octanol–water partition coefficient (Wildman–Crippen LogP) is 3.27. The van der Waals surface area contributed by atoms with E-state index in [1.807, 2.05) is 0 Å². The third-order valence-electron chi connectivity index (χ3n) is 2.98. The van der Waals surface area contributed by atoms with Gasteiger partial charge in [-0.15, -0.1) is 5.73 Å². The Hall–Kier alpha value is -1.54. The highest BCUT2D eigenvalue weighted by molar-refractivity contribution is 5.95. The van der Waals surface area contributed by atoms with Crippen LogP contribution < -0.4 is 0 Å². The highest BCUT2D eigenvalue weighted by Gasteiger charge is 2.35. The normalized spacial score (nSPS) is 11.6. The quantitative estimate of drug-likeness (QED) is 0.267. The molecule has 0 bridgehead atoms. The van der Waals surface area contributed by atoms with Crippen LogP contribution in [0.1, 0.15) is 46.5 Å². The Labute approximate surface area is 121 Å². The summed E-state index contributed by atoms with van der Waals surface area (Å²) < 4.78 is 9.99. The van der Waals surface area contributed by atoms with Crippen LogP contribution in [0.25, 0.3) is 0 Å². The molecule has 0 aliphatic rings. The van der Waals surface area contributed by atoms with Crippen LogP contribution in [0.2, 0.25) is 0 Å². The zero-order valence-corrected chi connectivity index (χ0v) is 12.8. The minimum Gasteiger partial charge on any atom is -0.465 e. The van der Waals surface area contributed by atoms with Gasteiger partial charge in [-0.1, -0.05) is 32.8 Å². The lowest BCUT2D eigenvalue weighted by molar-refractivity contribution is -0.163. The van der Waals surface area contributed by atoms with Crippen LogP contribution in [0, 0.1) is 11.8 Å². The SMILES string of the molecule is C=C=CC(CCCCC)C(C(=O)OCC)C(=O)OCC. The molecule has 1 atom stereocenters. The first-order valence-corrected chi connectivity index (χ1v) is 7.31. The Bertz CT molecular complexity index is 324. The molecule has 0 saturated heterocycles. The first-order chi connectivity index (χ1) is 9.62. The first kappa shape index (κ1) is 18.5. The van der Waals surface area contributed by atoms with E-state index in [1.165, 1.54) is 0 Å². The van der Waals surface area contributed by atoms with Gasteiger partial charge in [-0.25, -0.2) is 0 Å². The summed E-state index contributed by atoms with van der Waals surface area (Å²) in [7, 11) is 0. The Morgan fingerprint density at radius 2 is 1.65 bits per heavy atom. The Morgan fingerprint density at radius 3 is 2.05 bits per heavy atom. The number of hydrogen-bond acceptors (Lipinski definition) is 4. The Morgan fingerprint density at radius 1 is 1.10 bits per heavy atom. The maximum atomic E-state index is 12.0. The molecule has 20 heavy (non-hydrogen) atoms. The number of unbranched alkanes of at least 4 members (excludes halogenated alkanes) is 2.